The maximum absolute atomic E-state index is 12.8. The Hall–Kier alpha value is -4.25. The number of fused-ring (bicyclic) bond motifs is 1. The van der Waals surface area contributed by atoms with Crippen LogP contribution >= 0.6 is 0 Å². The number of carboxylic acid groups (broad SMARTS) is 1. The first-order chi connectivity index (χ1) is 17.1. The minimum absolute atomic E-state index is 0.0321. The van der Waals surface area contributed by atoms with Crippen molar-refractivity contribution in [3.63, 3.8) is 0 Å². The van der Waals surface area contributed by atoms with Crippen molar-refractivity contribution in [3.05, 3.63) is 82.3 Å². The lowest BCUT2D eigenvalue weighted by molar-refractivity contribution is 0.0695. The largest absolute Gasteiger partial charge is 0.477 e. The van der Waals surface area contributed by atoms with Gasteiger partial charge in [-0.1, -0.05) is 19.1 Å². The van der Waals surface area contributed by atoms with Crippen LogP contribution in [0.3, 0.4) is 0 Å². The van der Waals surface area contributed by atoms with E-state index in [0.29, 0.717) is 17.9 Å². The lowest BCUT2D eigenvalue weighted by atomic mass is 10.1. The molecule has 0 fully saturated rings. The molecule has 2 aromatic carbocycles. The van der Waals surface area contributed by atoms with Gasteiger partial charge in [-0.3, -0.25) is 4.79 Å². The number of aromatic nitrogens is 3. The van der Waals surface area contributed by atoms with Gasteiger partial charge < -0.3 is 20.3 Å². The number of nitrogens with zero attached hydrogens (tertiary/aromatic N) is 3. The van der Waals surface area contributed by atoms with E-state index in [0.717, 1.165) is 17.7 Å². The summed E-state index contributed by atoms with van der Waals surface area (Å²) in [5.74, 6) is -1.07. The Kier molecular flexibility index (Phi) is 7.02. The first kappa shape index (κ1) is 24.9. The van der Waals surface area contributed by atoms with Gasteiger partial charge in [0.2, 0.25) is 11.4 Å². The standard InChI is InChI=1S/C25H25N5O5S/c1-3-16-4-10-19(11-5-16)30-15-21(24(32)33)22(31)20-14-27-25(29-23(20)30)28-18-8-6-17(7-9-18)26-12-13-36(2,34)35/h4-11,14-15,26H,3,12-13H2,1-2H3,(H,32,33)(H,27,28,29). The molecule has 0 saturated carbocycles. The van der Waals surface area contributed by atoms with Crippen molar-refractivity contribution in [2.75, 3.05) is 29.2 Å². The Morgan fingerprint density at radius 1 is 1.06 bits per heavy atom. The first-order valence-corrected chi connectivity index (χ1v) is 13.2. The molecule has 2 aromatic heterocycles. The minimum atomic E-state index is -3.05. The van der Waals surface area contributed by atoms with Crippen LogP contribution in [0.1, 0.15) is 22.8 Å². The van der Waals surface area contributed by atoms with Crippen LogP contribution in [0, 0.1) is 0 Å². The summed E-state index contributed by atoms with van der Waals surface area (Å²) < 4.78 is 24.1. The number of pyridine rings is 1. The molecule has 0 aliphatic rings. The van der Waals surface area contributed by atoms with Crippen LogP contribution < -0.4 is 16.1 Å². The van der Waals surface area contributed by atoms with Gasteiger partial charge in [0.1, 0.15) is 15.4 Å². The van der Waals surface area contributed by atoms with E-state index in [9.17, 15) is 23.1 Å². The quantitative estimate of drug-likeness (QED) is 0.311. The topological polar surface area (TPSA) is 143 Å². The number of carbonyl (C=O) groups is 1. The van der Waals surface area contributed by atoms with Crippen LogP contribution in [0.4, 0.5) is 17.3 Å². The Morgan fingerprint density at radius 3 is 2.33 bits per heavy atom. The lowest BCUT2D eigenvalue weighted by Crippen LogP contribution is -2.19. The fourth-order valence-corrected chi connectivity index (χ4v) is 4.07. The molecule has 3 N–H and O–H groups in total. The van der Waals surface area contributed by atoms with Crippen LogP contribution in [0.25, 0.3) is 16.7 Å². The summed E-state index contributed by atoms with van der Waals surface area (Å²) in [5, 5.41) is 15.8. The van der Waals surface area contributed by atoms with Crippen molar-refractivity contribution in [2.45, 2.75) is 13.3 Å². The number of nitrogens with one attached hydrogen (secondary N) is 2. The third-order valence-electron chi connectivity index (χ3n) is 5.54. The van der Waals surface area contributed by atoms with Crippen LogP contribution in [-0.2, 0) is 16.3 Å². The molecule has 0 aliphatic heterocycles. The van der Waals surface area contributed by atoms with Crippen molar-refractivity contribution >= 4 is 44.2 Å². The number of hydrogen-bond acceptors (Lipinski definition) is 8. The minimum Gasteiger partial charge on any atom is -0.477 e. The molecule has 36 heavy (non-hydrogen) atoms. The predicted octanol–water partition coefficient (Wildman–Crippen LogP) is 3.24. The van der Waals surface area contributed by atoms with E-state index in [-0.39, 0.29) is 28.3 Å². The number of anilines is 3. The zero-order valence-corrected chi connectivity index (χ0v) is 20.5. The average Bonchev–Trinajstić information content (AvgIpc) is 2.84. The fourth-order valence-electron chi connectivity index (χ4n) is 3.59. The molecular formula is C25H25N5O5S. The molecule has 186 valence electrons. The highest BCUT2D eigenvalue weighted by Crippen LogP contribution is 2.21. The zero-order valence-electron chi connectivity index (χ0n) is 19.7. The summed E-state index contributed by atoms with van der Waals surface area (Å²) in [6.07, 6.45) is 4.64. The molecule has 0 saturated heterocycles. The first-order valence-electron chi connectivity index (χ1n) is 11.2. The van der Waals surface area contributed by atoms with E-state index in [1.54, 1.807) is 28.8 Å². The summed E-state index contributed by atoms with van der Waals surface area (Å²) in [6.45, 7) is 2.34. The van der Waals surface area contributed by atoms with Crippen molar-refractivity contribution in [1.29, 1.82) is 0 Å². The molecule has 0 atom stereocenters. The van der Waals surface area contributed by atoms with E-state index in [1.807, 2.05) is 31.2 Å². The predicted molar refractivity (Wildman–Crippen MR) is 139 cm³/mol. The molecule has 4 rings (SSSR count). The second-order valence-corrected chi connectivity index (χ2v) is 10.5. The Bertz CT molecular complexity index is 1580. The molecule has 0 amide bonds. The van der Waals surface area contributed by atoms with Gasteiger partial charge in [-0.25, -0.2) is 18.2 Å². The molecule has 4 aromatic rings. The number of sulfone groups is 1. The highest BCUT2D eigenvalue weighted by atomic mass is 32.2. The number of benzene rings is 2. The van der Waals surface area contributed by atoms with Crippen LogP contribution in [0.2, 0.25) is 0 Å². The molecule has 0 spiro atoms. The smallest absolute Gasteiger partial charge is 0.341 e. The van der Waals surface area contributed by atoms with Crippen LogP contribution in [-0.4, -0.2) is 52.6 Å². The fraction of sp³-hybridized carbons (Fsp3) is 0.200. The Balaban J connectivity index is 1.67. The number of hydrogen-bond donors (Lipinski definition) is 3. The molecule has 2 heterocycles. The maximum Gasteiger partial charge on any atom is 0.341 e. The van der Waals surface area contributed by atoms with Gasteiger partial charge in [-0.05, 0) is 48.4 Å². The van der Waals surface area contributed by atoms with E-state index >= 15 is 0 Å². The average molecular weight is 508 g/mol. The van der Waals surface area contributed by atoms with Crippen LogP contribution in [0.5, 0.6) is 0 Å². The van der Waals surface area contributed by atoms with Gasteiger partial charge in [-0.15, -0.1) is 0 Å². The molecule has 0 radical (unpaired) electrons. The number of aromatic carboxylic acids is 1. The van der Waals surface area contributed by atoms with Crippen molar-refractivity contribution in [3.8, 4) is 5.69 Å². The van der Waals surface area contributed by atoms with Crippen molar-refractivity contribution in [1.82, 2.24) is 14.5 Å². The third-order valence-corrected chi connectivity index (χ3v) is 6.49. The van der Waals surface area contributed by atoms with E-state index in [1.165, 1.54) is 18.6 Å². The van der Waals surface area contributed by atoms with E-state index in [4.69, 9.17) is 0 Å². The van der Waals surface area contributed by atoms with E-state index < -0.39 is 21.2 Å². The number of carboxylic acids is 1. The summed E-state index contributed by atoms with van der Waals surface area (Å²) in [5.41, 5.74) is 2.45. The van der Waals surface area contributed by atoms with Crippen molar-refractivity contribution < 1.29 is 18.3 Å². The monoisotopic (exact) mass is 507 g/mol. The van der Waals surface area contributed by atoms with Gasteiger partial charge in [0.15, 0.2) is 5.65 Å². The molecular weight excluding hydrogens is 482 g/mol. The van der Waals surface area contributed by atoms with Gasteiger partial charge in [0.05, 0.1) is 11.1 Å². The number of aryl methyl sites for hydroxylation is 1. The molecule has 0 bridgehead atoms. The zero-order chi connectivity index (χ0) is 25.9. The van der Waals surface area contributed by atoms with Crippen molar-refractivity contribution in [2.24, 2.45) is 0 Å². The third kappa shape index (κ3) is 5.69. The molecule has 0 unspecified atom stereocenters. The normalized spacial score (nSPS) is 11.4. The summed E-state index contributed by atoms with van der Waals surface area (Å²) in [6, 6.07) is 14.7. The highest BCUT2D eigenvalue weighted by molar-refractivity contribution is 7.90. The maximum atomic E-state index is 12.8. The van der Waals surface area contributed by atoms with E-state index in [2.05, 4.69) is 20.6 Å². The van der Waals surface area contributed by atoms with Gasteiger partial charge >= 0.3 is 5.97 Å². The van der Waals surface area contributed by atoms with Gasteiger partial charge in [0, 0.05) is 42.3 Å². The second kappa shape index (κ2) is 10.2. The second-order valence-electron chi connectivity index (χ2n) is 8.26. The molecule has 11 heteroatoms. The SMILES string of the molecule is CCc1ccc(-n2cc(C(=O)O)c(=O)c3cnc(Nc4ccc(NCCS(C)(=O)=O)cc4)nc32)cc1. The summed E-state index contributed by atoms with van der Waals surface area (Å²) >= 11 is 0. The Morgan fingerprint density at radius 2 is 1.72 bits per heavy atom. The molecule has 10 nitrogen and oxygen atoms in total. The summed E-state index contributed by atoms with van der Waals surface area (Å²) in [4.78, 5) is 33.2. The number of rotatable bonds is 9. The lowest BCUT2D eigenvalue weighted by Gasteiger charge is -2.13. The van der Waals surface area contributed by atoms with Gasteiger partial charge in [0.25, 0.3) is 0 Å². The highest BCUT2D eigenvalue weighted by Gasteiger charge is 2.17. The van der Waals surface area contributed by atoms with Crippen LogP contribution in [0.15, 0.2) is 65.7 Å². The molecule has 0 aliphatic carbocycles. The Labute approximate surface area is 207 Å². The summed E-state index contributed by atoms with van der Waals surface area (Å²) in [7, 11) is -3.05. The van der Waals surface area contributed by atoms with Gasteiger partial charge in [-0.2, -0.15) is 4.98 Å².